The van der Waals surface area contributed by atoms with E-state index in [0.29, 0.717) is 35.7 Å². The first kappa shape index (κ1) is 33.8. The third-order valence-corrected chi connectivity index (χ3v) is 8.05. The van der Waals surface area contributed by atoms with Gasteiger partial charge in [0.2, 0.25) is 11.5 Å². The number of hydrogen-bond donors (Lipinski definition) is 4. The molecule has 2 aromatic carbocycles. The van der Waals surface area contributed by atoms with Gasteiger partial charge >= 0.3 is 11.9 Å². The van der Waals surface area contributed by atoms with E-state index in [-0.39, 0.29) is 39.6 Å². The van der Waals surface area contributed by atoms with Gasteiger partial charge in [0.1, 0.15) is 28.9 Å². The van der Waals surface area contributed by atoms with Gasteiger partial charge in [-0.1, -0.05) is 37.6 Å². The quantitative estimate of drug-likeness (QED) is 0.0481. The molecule has 2 aromatic heterocycles. The number of benzene rings is 2. The minimum atomic E-state index is -1.39. The van der Waals surface area contributed by atoms with E-state index < -0.39 is 34.5 Å². The average molecular weight is 649 g/mol. The number of rotatable bonds is 15. The van der Waals surface area contributed by atoms with Gasteiger partial charge in [0, 0.05) is 16.5 Å². The number of aromatic carboxylic acids is 2. The molecule has 0 aliphatic heterocycles. The van der Waals surface area contributed by atoms with Crippen molar-refractivity contribution in [2.75, 3.05) is 6.61 Å². The van der Waals surface area contributed by atoms with Gasteiger partial charge in [-0.25, -0.2) is 9.59 Å². The second-order valence-electron chi connectivity index (χ2n) is 10.2. The van der Waals surface area contributed by atoms with Crippen molar-refractivity contribution in [3.8, 4) is 11.5 Å². The van der Waals surface area contributed by atoms with Crippen LogP contribution in [0.4, 0.5) is 0 Å². The minimum absolute atomic E-state index is 0.0272. The zero-order valence-electron chi connectivity index (χ0n) is 25.0. The van der Waals surface area contributed by atoms with Gasteiger partial charge in [-0.3, -0.25) is 9.59 Å². The van der Waals surface area contributed by atoms with E-state index in [2.05, 4.69) is 0 Å². The van der Waals surface area contributed by atoms with Crippen molar-refractivity contribution in [1.29, 1.82) is 0 Å². The summed E-state index contributed by atoms with van der Waals surface area (Å²) in [5.74, 6) is -3.26. The number of aromatic hydroxyl groups is 1. The van der Waals surface area contributed by atoms with Crippen LogP contribution in [-0.4, -0.2) is 50.0 Å². The first-order chi connectivity index (χ1) is 22.0. The van der Waals surface area contributed by atoms with Crippen LogP contribution in [0.3, 0.4) is 0 Å². The fourth-order valence-electron chi connectivity index (χ4n) is 4.58. The highest BCUT2D eigenvalue weighted by atomic mass is 32.2. The van der Waals surface area contributed by atoms with Gasteiger partial charge in [0.15, 0.2) is 11.2 Å². The van der Waals surface area contributed by atoms with Crippen molar-refractivity contribution in [1.82, 2.24) is 0 Å². The lowest BCUT2D eigenvalue weighted by Crippen LogP contribution is -2.12. The number of ether oxygens (including phenoxy) is 1. The second-order valence-corrected chi connectivity index (χ2v) is 11.4. The summed E-state index contributed by atoms with van der Waals surface area (Å²) < 4.78 is 16.6. The van der Waals surface area contributed by atoms with Gasteiger partial charge in [-0.2, -0.15) is 0 Å². The summed E-state index contributed by atoms with van der Waals surface area (Å²) in [6.45, 7) is 3.65. The Morgan fingerprint density at radius 3 is 2.41 bits per heavy atom. The molecule has 12 heteroatoms. The van der Waals surface area contributed by atoms with Crippen LogP contribution in [0.2, 0.25) is 0 Å². The van der Waals surface area contributed by atoms with Crippen LogP contribution in [0.1, 0.15) is 75.6 Å². The number of furan rings is 1. The largest absolute Gasteiger partial charge is 0.507 e. The number of aliphatic hydroxyl groups excluding tert-OH is 1. The molecular weight excluding hydrogens is 616 g/mol. The molecule has 2 heterocycles. The molecule has 2 atom stereocenters. The fourth-order valence-corrected chi connectivity index (χ4v) is 5.65. The molecule has 11 nitrogen and oxygen atoms in total. The Kier molecular flexibility index (Phi) is 11.2. The molecule has 4 rings (SSSR count). The lowest BCUT2D eigenvalue weighted by molar-refractivity contribution is 0.0646. The Labute approximate surface area is 267 Å². The van der Waals surface area contributed by atoms with E-state index in [1.165, 1.54) is 31.2 Å². The van der Waals surface area contributed by atoms with Crippen molar-refractivity contribution >= 4 is 40.5 Å². The Hall–Kier alpha value is -5.07. The Morgan fingerprint density at radius 2 is 1.74 bits per heavy atom. The lowest BCUT2D eigenvalue weighted by Gasteiger charge is -2.18. The molecule has 0 saturated carbocycles. The zero-order chi connectivity index (χ0) is 33.4. The normalized spacial score (nSPS) is 12.9. The molecule has 0 aliphatic carbocycles. The number of fused-ring (bicyclic) bond motifs is 1. The van der Waals surface area contributed by atoms with Crippen molar-refractivity contribution in [3.05, 3.63) is 111 Å². The lowest BCUT2D eigenvalue weighted by atomic mass is 10.0. The predicted octanol–water partition coefficient (Wildman–Crippen LogP) is 6.42. The summed E-state index contributed by atoms with van der Waals surface area (Å²) in [5.41, 5.74) is 0.389. The predicted molar refractivity (Wildman–Crippen MR) is 170 cm³/mol. The fraction of sp³-hybridized carbons (Fsp3) is 0.235. The maximum absolute atomic E-state index is 12.3. The highest BCUT2D eigenvalue weighted by Crippen LogP contribution is 2.36. The number of allylic oxidation sites excluding steroid dienone is 2. The summed E-state index contributed by atoms with van der Waals surface area (Å²) in [6.07, 6.45) is 7.49. The maximum Gasteiger partial charge on any atom is 0.371 e. The molecule has 0 unspecified atom stereocenters. The third-order valence-electron chi connectivity index (χ3n) is 6.83. The molecule has 46 heavy (non-hydrogen) atoms. The number of phenols is 1. The topological polar surface area (TPSA) is 185 Å². The number of carbonyl (C=O) groups is 3. The number of Topliss-reactive ketones (excluding diaryl/α,β-unsaturated/α-hetero) is 1. The zero-order valence-corrected chi connectivity index (χ0v) is 25.8. The summed E-state index contributed by atoms with van der Waals surface area (Å²) in [6, 6.07) is 11.4. The average Bonchev–Trinajstić information content (AvgIpc) is 3.52. The van der Waals surface area contributed by atoms with Crippen LogP contribution in [0, 0.1) is 0 Å². The van der Waals surface area contributed by atoms with E-state index in [1.54, 1.807) is 36.4 Å². The number of carbonyl (C=O) groups excluding carboxylic acids is 1. The molecule has 240 valence electrons. The van der Waals surface area contributed by atoms with Gasteiger partial charge < -0.3 is 34.0 Å². The standard InChI is InChI=1S/C34H32O11S/c1-3-8-23-25(13-12-21(19(2)35)31(23)37)43-16-7-5-4-6-9-30(32(38)26-14-15-27(44-26)33(39)40)46-20-10-11-22-24(36)18-29(34(41)42)45-28(22)17-20/h4-6,9-15,17-18,30,32,37-38H,3,7-8,16H2,1-2H3,(H,39,40)(H,41,42)/t30-,32+/m0/s1. The molecule has 0 fully saturated rings. The van der Waals surface area contributed by atoms with Crippen LogP contribution in [0.5, 0.6) is 11.5 Å². The van der Waals surface area contributed by atoms with Gasteiger partial charge in [-0.15, -0.1) is 11.8 Å². The third kappa shape index (κ3) is 8.14. The van der Waals surface area contributed by atoms with Gasteiger partial charge in [0.25, 0.3) is 0 Å². The van der Waals surface area contributed by atoms with Crippen molar-refractivity contribution < 1.29 is 48.4 Å². The first-order valence-electron chi connectivity index (χ1n) is 14.3. The smallest absolute Gasteiger partial charge is 0.371 e. The number of phenolic OH excluding ortho intramolecular Hbond substituents is 1. The van der Waals surface area contributed by atoms with Crippen molar-refractivity contribution in [2.45, 2.75) is 49.4 Å². The van der Waals surface area contributed by atoms with E-state index in [9.17, 15) is 39.6 Å². The van der Waals surface area contributed by atoms with Crippen molar-refractivity contribution in [2.24, 2.45) is 0 Å². The van der Waals surface area contributed by atoms with Crippen LogP contribution >= 0.6 is 11.8 Å². The second kappa shape index (κ2) is 15.3. The molecule has 0 saturated heterocycles. The van der Waals surface area contributed by atoms with Crippen LogP contribution in [-0.2, 0) is 6.42 Å². The number of hydrogen-bond acceptors (Lipinski definition) is 10. The molecule has 4 N–H and O–H groups in total. The molecule has 0 bridgehead atoms. The van der Waals surface area contributed by atoms with Crippen LogP contribution < -0.4 is 10.2 Å². The molecular formula is C34H32O11S. The van der Waals surface area contributed by atoms with E-state index >= 15 is 0 Å². The Balaban J connectivity index is 1.50. The summed E-state index contributed by atoms with van der Waals surface area (Å²) >= 11 is 1.16. The monoisotopic (exact) mass is 648 g/mol. The van der Waals surface area contributed by atoms with E-state index in [4.69, 9.17) is 13.6 Å². The van der Waals surface area contributed by atoms with Crippen molar-refractivity contribution in [3.63, 3.8) is 0 Å². The highest BCUT2D eigenvalue weighted by molar-refractivity contribution is 8.00. The van der Waals surface area contributed by atoms with Gasteiger partial charge in [0.05, 0.1) is 22.8 Å². The summed E-state index contributed by atoms with van der Waals surface area (Å²) in [4.78, 5) is 47.3. The van der Waals surface area contributed by atoms with Crippen LogP contribution in [0.25, 0.3) is 11.0 Å². The SMILES string of the molecule is CCCc1c(OCCC=CC=C[C@H](Sc2ccc3c(=O)cc(C(=O)O)oc3c2)[C@H](O)c2ccc(C(=O)O)o2)ccc(C(C)=O)c1O. The Bertz CT molecular complexity index is 1860. The first-order valence-corrected chi connectivity index (χ1v) is 15.2. The molecule has 0 spiro atoms. The number of carboxylic acids is 2. The van der Waals surface area contributed by atoms with Gasteiger partial charge in [-0.05, 0) is 62.2 Å². The maximum atomic E-state index is 12.3. The molecule has 4 aromatic rings. The van der Waals surface area contributed by atoms with Crippen LogP contribution in [0.15, 0.2) is 91.4 Å². The number of ketones is 1. The summed E-state index contributed by atoms with van der Waals surface area (Å²) in [5, 5.41) is 39.6. The summed E-state index contributed by atoms with van der Waals surface area (Å²) in [7, 11) is 0. The van der Waals surface area contributed by atoms with E-state index in [1.807, 2.05) is 13.0 Å². The number of carboxylic acid groups (broad SMARTS) is 2. The molecule has 0 amide bonds. The molecule has 0 aliphatic rings. The Morgan fingerprint density at radius 1 is 0.978 bits per heavy atom. The minimum Gasteiger partial charge on any atom is -0.507 e. The number of aliphatic hydroxyl groups is 1. The highest BCUT2D eigenvalue weighted by Gasteiger charge is 2.25. The van der Waals surface area contributed by atoms with E-state index in [0.717, 1.165) is 24.2 Å². The molecule has 0 radical (unpaired) electrons. The number of thioether (sulfide) groups is 1.